The molecule has 0 bridgehead atoms. The van der Waals surface area contributed by atoms with E-state index in [-0.39, 0.29) is 30.9 Å². The lowest BCUT2D eigenvalue weighted by atomic mass is 10.1. The number of ether oxygens (including phenoxy) is 4. The van der Waals surface area contributed by atoms with Gasteiger partial charge in [-0.1, -0.05) is 116 Å². The average molecular weight is 780 g/mol. The number of rotatable bonds is 43. The number of nitrogens with zero attached hydrogens (tertiary/aromatic N) is 1. The molecule has 0 saturated carbocycles. The number of esters is 2. The smallest absolute Gasteiger partial charge is 0.306 e. The lowest BCUT2D eigenvalue weighted by Gasteiger charge is -2.21. The molecular weight excluding hydrogens is 691 g/mol. The molecular formula is C47H89NO7. The standard InChI is InChI=1S/C47H89NO7/c1-5-9-12-15-19-26-33-44(8-4)55-46(51)34-27-20-18-21-28-37-48(39-40-49)38-29-22-25-30-41-52-45(50)35-36-47(53-42-31-23-16-13-10-6-2)54-43-32-24-17-14-11-7-3/h10-11,13-14,44,47,49H,5-9,12,15-43H2,1-4H3/b13-10-,14-11-. The van der Waals surface area contributed by atoms with Crippen LogP contribution in [0, 0.1) is 0 Å². The molecule has 0 aromatic carbocycles. The van der Waals surface area contributed by atoms with Crippen LogP contribution in [0.1, 0.15) is 207 Å². The molecule has 1 N–H and O–H groups in total. The summed E-state index contributed by atoms with van der Waals surface area (Å²) in [6, 6.07) is 0. The Balaban J connectivity index is 4.07. The molecule has 0 rings (SSSR count). The maximum atomic E-state index is 12.5. The Morgan fingerprint density at radius 3 is 1.67 bits per heavy atom. The van der Waals surface area contributed by atoms with Crippen LogP contribution in [-0.4, -0.2) is 80.4 Å². The van der Waals surface area contributed by atoms with Crippen molar-refractivity contribution >= 4 is 11.9 Å². The van der Waals surface area contributed by atoms with E-state index in [1.54, 1.807) is 0 Å². The van der Waals surface area contributed by atoms with Gasteiger partial charge < -0.3 is 29.0 Å². The minimum Gasteiger partial charge on any atom is -0.466 e. The molecule has 1 unspecified atom stereocenters. The van der Waals surface area contributed by atoms with E-state index in [9.17, 15) is 14.7 Å². The van der Waals surface area contributed by atoms with E-state index in [1.807, 2.05) is 0 Å². The molecule has 55 heavy (non-hydrogen) atoms. The third-order valence-corrected chi connectivity index (χ3v) is 10.1. The van der Waals surface area contributed by atoms with E-state index >= 15 is 0 Å². The van der Waals surface area contributed by atoms with E-state index in [4.69, 9.17) is 18.9 Å². The van der Waals surface area contributed by atoms with E-state index in [0.717, 1.165) is 142 Å². The van der Waals surface area contributed by atoms with Crippen LogP contribution in [0.25, 0.3) is 0 Å². The van der Waals surface area contributed by atoms with E-state index in [1.165, 1.54) is 32.1 Å². The Kier molecular flexibility index (Phi) is 42.0. The molecule has 0 aromatic rings. The topological polar surface area (TPSA) is 94.5 Å². The number of hydrogen-bond donors (Lipinski definition) is 1. The Labute approximate surface area is 339 Å². The fraction of sp³-hybridized carbons (Fsp3) is 0.872. The van der Waals surface area contributed by atoms with Gasteiger partial charge in [-0.3, -0.25) is 9.59 Å². The van der Waals surface area contributed by atoms with Gasteiger partial charge in [-0.15, -0.1) is 0 Å². The van der Waals surface area contributed by atoms with Crippen molar-refractivity contribution < 1.29 is 33.6 Å². The van der Waals surface area contributed by atoms with Crippen LogP contribution < -0.4 is 0 Å². The number of carbonyl (C=O) groups is 2. The summed E-state index contributed by atoms with van der Waals surface area (Å²) in [6.07, 6.45) is 37.3. The zero-order chi connectivity index (χ0) is 40.3. The maximum absolute atomic E-state index is 12.5. The Morgan fingerprint density at radius 1 is 0.545 bits per heavy atom. The normalized spacial score (nSPS) is 12.5. The Bertz CT molecular complexity index is 855. The van der Waals surface area contributed by atoms with Crippen LogP contribution in [0.2, 0.25) is 0 Å². The van der Waals surface area contributed by atoms with Gasteiger partial charge in [0.25, 0.3) is 0 Å². The molecule has 0 radical (unpaired) electrons. The van der Waals surface area contributed by atoms with Crippen molar-refractivity contribution in [2.24, 2.45) is 0 Å². The molecule has 0 amide bonds. The van der Waals surface area contributed by atoms with E-state index in [2.05, 4.69) is 56.9 Å². The molecule has 0 fully saturated rings. The van der Waals surface area contributed by atoms with Gasteiger partial charge in [0.1, 0.15) is 6.10 Å². The largest absolute Gasteiger partial charge is 0.466 e. The van der Waals surface area contributed by atoms with Gasteiger partial charge >= 0.3 is 11.9 Å². The molecule has 0 spiro atoms. The van der Waals surface area contributed by atoms with Crippen LogP contribution in [-0.2, 0) is 28.5 Å². The Morgan fingerprint density at radius 2 is 1.09 bits per heavy atom. The van der Waals surface area contributed by atoms with Crippen LogP contribution in [0.5, 0.6) is 0 Å². The van der Waals surface area contributed by atoms with Crippen molar-refractivity contribution in [1.82, 2.24) is 4.90 Å². The van der Waals surface area contributed by atoms with Gasteiger partial charge in [-0.25, -0.2) is 0 Å². The minimum absolute atomic E-state index is 0.0286. The molecule has 0 aliphatic carbocycles. The summed E-state index contributed by atoms with van der Waals surface area (Å²) in [7, 11) is 0. The summed E-state index contributed by atoms with van der Waals surface area (Å²) >= 11 is 0. The third-order valence-electron chi connectivity index (χ3n) is 10.1. The summed E-state index contributed by atoms with van der Waals surface area (Å²) in [5, 5.41) is 9.56. The first-order valence-electron chi connectivity index (χ1n) is 23.2. The first kappa shape index (κ1) is 53.3. The molecule has 1 atom stereocenters. The molecule has 0 aromatic heterocycles. The molecule has 0 aliphatic heterocycles. The lowest BCUT2D eigenvalue weighted by Crippen LogP contribution is -2.29. The van der Waals surface area contributed by atoms with Crippen molar-refractivity contribution in [1.29, 1.82) is 0 Å². The summed E-state index contributed by atoms with van der Waals surface area (Å²) in [6.45, 7) is 13.3. The number of unbranched alkanes of at least 4 members (excludes halogenated alkanes) is 16. The van der Waals surface area contributed by atoms with Gasteiger partial charge in [0, 0.05) is 32.6 Å². The fourth-order valence-corrected chi connectivity index (χ4v) is 6.58. The fourth-order valence-electron chi connectivity index (χ4n) is 6.58. The van der Waals surface area contributed by atoms with Crippen molar-refractivity contribution in [2.45, 2.75) is 220 Å². The second kappa shape index (κ2) is 43.4. The number of carbonyl (C=O) groups excluding carboxylic acids is 2. The summed E-state index contributed by atoms with van der Waals surface area (Å²) in [4.78, 5) is 27.2. The average Bonchev–Trinajstić information content (AvgIpc) is 3.18. The lowest BCUT2D eigenvalue weighted by molar-refractivity contribution is -0.159. The summed E-state index contributed by atoms with van der Waals surface area (Å²) in [5.74, 6) is -0.205. The van der Waals surface area contributed by atoms with Gasteiger partial charge in [-0.2, -0.15) is 0 Å². The highest BCUT2D eigenvalue weighted by molar-refractivity contribution is 5.69. The minimum atomic E-state index is -0.361. The zero-order valence-corrected chi connectivity index (χ0v) is 36.6. The van der Waals surface area contributed by atoms with Gasteiger partial charge in [-0.05, 0) is 109 Å². The number of aliphatic hydroxyl groups excluding tert-OH is 1. The van der Waals surface area contributed by atoms with E-state index < -0.39 is 0 Å². The summed E-state index contributed by atoms with van der Waals surface area (Å²) in [5.41, 5.74) is 0. The molecule has 324 valence electrons. The van der Waals surface area contributed by atoms with Crippen LogP contribution >= 0.6 is 0 Å². The third kappa shape index (κ3) is 38.9. The molecule has 0 aliphatic rings. The van der Waals surface area contributed by atoms with Crippen LogP contribution in [0.4, 0.5) is 0 Å². The highest BCUT2D eigenvalue weighted by atomic mass is 16.7. The molecule has 0 heterocycles. The first-order valence-corrected chi connectivity index (χ1v) is 23.2. The first-order chi connectivity index (χ1) is 27.0. The van der Waals surface area contributed by atoms with Crippen molar-refractivity contribution in [3.8, 4) is 0 Å². The SMILES string of the molecule is CC/C=C\CCCCOC(CCC(=O)OCCCCCCN(CCO)CCCCCCCC(=O)OC(CC)CCCCCCCC)OCCCC/C=C\CC. The predicted molar refractivity (Wildman–Crippen MR) is 230 cm³/mol. The summed E-state index contributed by atoms with van der Waals surface area (Å²) < 4.78 is 23.4. The van der Waals surface area contributed by atoms with E-state index in [0.29, 0.717) is 45.6 Å². The molecule has 8 nitrogen and oxygen atoms in total. The van der Waals surface area contributed by atoms with Gasteiger partial charge in [0.15, 0.2) is 6.29 Å². The van der Waals surface area contributed by atoms with Gasteiger partial charge in [0.05, 0.1) is 19.6 Å². The highest BCUT2D eigenvalue weighted by Crippen LogP contribution is 2.15. The molecule has 0 saturated heterocycles. The second-order valence-electron chi connectivity index (χ2n) is 15.3. The van der Waals surface area contributed by atoms with Crippen molar-refractivity contribution in [3.63, 3.8) is 0 Å². The second-order valence-corrected chi connectivity index (χ2v) is 15.3. The Hall–Kier alpha value is -1.74. The highest BCUT2D eigenvalue weighted by Gasteiger charge is 2.14. The number of aliphatic hydroxyl groups is 1. The number of allylic oxidation sites excluding steroid dienone is 4. The quantitative estimate of drug-likeness (QED) is 0.0283. The van der Waals surface area contributed by atoms with Crippen LogP contribution in [0.3, 0.4) is 0 Å². The van der Waals surface area contributed by atoms with Crippen LogP contribution in [0.15, 0.2) is 24.3 Å². The van der Waals surface area contributed by atoms with Gasteiger partial charge in [0.2, 0.25) is 0 Å². The maximum Gasteiger partial charge on any atom is 0.306 e. The predicted octanol–water partition coefficient (Wildman–Crippen LogP) is 12.2. The zero-order valence-electron chi connectivity index (χ0n) is 36.6. The molecule has 8 heteroatoms. The monoisotopic (exact) mass is 780 g/mol. The van der Waals surface area contributed by atoms with Crippen molar-refractivity contribution in [3.05, 3.63) is 24.3 Å². The number of hydrogen-bond acceptors (Lipinski definition) is 8. The van der Waals surface area contributed by atoms with Crippen molar-refractivity contribution in [2.75, 3.05) is 46.1 Å².